The summed E-state index contributed by atoms with van der Waals surface area (Å²) in [4.78, 5) is 32.6. The lowest BCUT2D eigenvalue weighted by Crippen LogP contribution is -2.33. The number of aromatic nitrogens is 2. The fourth-order valence-electron chi connectivity index (χ4n) is 4.28. The second-order valence-electron chi connectivity index (χ2n) is 7.47. The van der Waals surface area contributed by atoms with E-state index in [0.717, 1.165) is 55.2 Å². The van der Waals surface area contributed by atoms with Crippen molar-refractivity contribution in [2.45, 2.75) is 83.3 Å². The molecule has 5 nitrogen and oxygen atoms in total. The number of hydrogen-bond acceptors (Lipinski definition) is 5. The van der Waals surface area contributed by atoms with Gasteiger partial charge in [-0.3, -0.25) is 9.36 Å². The van der Waals surface area contributed by atoms with E-state index in [-0.39, 0.29) is 17.6 Å². The number of nitrogens with zero attached hydrogens (tertiary/aromatic N) is 2. The molecule has 0 amide bonds. The van der Waals surface area contributed by atoms with Gasteiger partial charge in [0.2, 0.25) is 0 Å². The SMILES string of the molecule is CC[C@H](C(=O)OC1CCCCC1)n1cnc2sc3c(c2c1=O)CCCC3. The van der Waals surface area contributed by atoms with Crippen LogP contribution in [0.25, 0.3) is 10.2 Å². The number of rotatable bonds is 4. The third-order valence-electron chi connectivity index (χ3n) is 5.73. The van der Waals surface area contributed by atoms with Gasteiger partial charge in [-0.05, 0) is 63.4 Å². The van der Waals surface area contributed by atoms with E-state index in [1.807, 2.05) is 6.92 Å². The van der Waals surface area contributed by atoms with Crippen LogP contribution in [-0.2, 0) is 22.4 Å². The molecule has 6 heteroatoms. The van der Waals surface area contributed by atoms with Gasteiger partial charge in [0, 0.05) is 4.88 Å². The number of fused-ring (bicyclic) bond motifs is 3. The zero-order valence-electron chi connectivity index (χ0n) is 15.3. The van der Waals surface area contributed by atoms with Crippen molar-refractivity contribution in [3.05, 3.63) is 27.1 Å². The van der Waals surface area contributed by atoms with E-state index < -0.39 is 6.04 Å². The smallest absolute Gasteiger partial charge is 0.329 e. The highest BCUT2D eigenvalue weighted by Crippen LogP contribution is 2.33. The van der Waals surface area contributed by atoms with Crippen molar-refractivity contribution >= 4 is 27.5 Å². The Morgan fingerprint density at radius 1 is 1.27 bits per heavy atom. The summed E-state index contributed by atoms with van der Waals surface area (Å²) in [6.07, 6.45) is 11.7. The Morgan fingerprint density at radius 2 is 2.04 bits per heavy atom. The standard InChI is InChI=1S/C20H26N2O3S/c1-2-15(20(24)25-13-8-4-3-5-9-13)22-12-21-18-17(19(22)23)14-10-6-7-11-16(14)26-18/h12-13,15H,2-11H2,1H3/t15-/m1/s1. The summed E-state index contributed by atoms with van der Waals surface area (Å²) >= 11 is 1.64. The summed E-state index contributed by atoms with van der Waals surface area (Å²) in [7, 11) is 0. The van der Waals surface area contributed by atoms with Crippen molar-refractivity contribution in [1.29, 1.82) is 0 Å². The first kappa shape index (κ1) is 17.7. The summed E-state index contributed by atoms with van der Waals surface area (Å²) in [6, 6.07) is -0.583. The fraction of sp³-hybridized carbons (Fsp3) is 0.650. The third-order valence-corrected chi connectivity index (χ3v) is 6.93. The van der Waals surface area contributed by atoms with Crippen LogP contribution in [0.5, 0.6) is 0 Å². The molecule has 2 aromatic rings. The predicted molar refractivity (Wildman–Crippen MR) is 103 cm³/mol. The van der Waals surface area contributed by atoms with Crippen molar-refractivity contribution < 1.29 is 9.53 Å². The molecule has 2 aliphatic carbocycles. The Morgan fingerprint density at radius 3 is 2.81 bits per heavy atom. The Balaban J connectivity index is 1.66. The molecule has 2 aliphatic rings. The first-order valence-corrected chi connectivity index (χ1v) is 10.7. The fourth-order valence-corrected chi connectivity index (χ4v) is 5.50. The minimum atomic E-state index is -0.583. The summed E-state index contributed by atoms with van der Waals surface area (Å²) < 4.78 is 7.25. The highest BCUT2D eigenvalue weighted by Gasteiger charge is 2.28. The molecule has 0 aliphatic heterocycles. The maximum atomic E-state index is 13.2. The number of thiophene rings is 1. The number of carbonyl (C=O) groups excluding carboxylic acids is 1. The molecule has 0 N–H and O–H groups in total. The van der Waals surface area contributed by atoms with Gasteiger partial charge >= 0.3 is 5.97 Å². The van der Waals surface area contributed by atoms with E-state index in [2.05, 4.69) is 4.98 Å². The first-order chi connectivity index (χ1) is 12.7. The maximum absolute atomic E-state index is 13.2. The largest absolute Gasteiger partial charge is 0.461 e. The van der Waals surface area contributed by atoms with Gasteiger partial charge in [0.05, 0.1) is 11.7 Å². The highest BCUT2D eigenvalue weighted by molar-refractivity contribution is 7.18. The van der Waals surface area contributed by atoms with Crippen LogP contribution in [0.4, 0.5) is 0 Å². The topological polar surface area (TPSA) is 61.2 Å². The molecule has 0 spiro atoms. The van der Waals surface area contributed by atoms with Gasteiger partial charge in [-0.25, -0.2) is 9.78 Å². The van der Waals surface area contributed by atoms with Crippen LogP contribution >= 0.6 is 11.3 Å². The van der Waals surface area contributed by atoms with Crippen LogP contribution in [0.2, 0.25) is 0 Å². The average Bonchev–Trinajstić information content (AvgIpc) is 3.04. The molecule has 1 fully saturated rings. The Kier molecular flexibility index (Phi) is 5.11. The van der Waals surface area contributed by atoms with E-state index >= 15 is 0 Å². The van der Waals surface area contributed by atoms with Crippen LogP contribution in [0.3, 0.4) is 0 Å². The molecule has 1 atom stereocenters. The van der Waals surface area contributed by atoms with Crippen molar-refractivity contribution in [1.82, 2.24) is 9.55 Å². The van der Waals surface area contributed by atoms with Crippen molar-refractivity contribution in [2.75, 3.05) is 0 Å². The summed E-state index contributed by atoms with van der Waals surface area (Å²) in [6.45, 7) is 1.92. The Bertz CT molecular complexity index is 864. The molecular formula is C20H26N2O3S. The predicted octanol–water partition coefficient (Wildman–Crippen LogP) is 4.16. The molecule has 0 saturated heterocycles. The van der Waals surface area contributed by atoms with Crippen molar-refractivity contribution in [3.8, 4) is 0 Å². The molecule has 1 saturated carbocycles. The average molecular weight is 375 g/mol. The molecular weight excluding hydrogens is 348 g/mol. The van der Waals surface area contributed by atoms with Crippen LogP contribution in [0.1, 0.15) is 74.8 Å². The Hall–Kier alpha value is -1.69. The number of hydrogen-bond donors (Lipinski definition) is 0. The zero-order chi connectivity index (χ0) is 18.1. The van der Waals surface area contributed by atoms with Crippen LogP contribution in [0, 0.1) is 0 Å². The molecule has 140 valence electrons. The highest BCUT2D eigenvalue weighted by atomic mass is 32.1. The molecule has 0 bridgehead atoms. The molecule has 0 aromatic carbocycles. The lowest BCUT2D eigenvalue weighted by Gasteiger charge is -2.25. The van der Waals surface area contributed by atoms with Crippen LogP contribution in [0.15, 0.2) is 11.1 Å². The minimum absolute atomic E-state index is 0.00611. The summed E-state index contributed by atoms with van der Waals surface area (Å²) in [5, 5.41) is 0.733. The van der Waals surface area contributed by atoms with Gasteiger partial charge in [0.25, 0.3) is 5.56 Å². The molecule has 0 unspecified atom stereocenters. The summed E-state index contributed by atoms with van der Waals surface area (Å²) in [5.74, 6) is -0.285. The summed E-state index contributed by atoms with van der Waals surface area (Å²) in [5.41, 5.74) is 1.08. The van der Waals surface area contributed by atoms with Gasteiger partial charge in [0.1, 0.15) is 17.0 Å². The van der Waals surface area contributed by atoms with Gasteiger partial charge in [-0.1, -0.05) is 13.3 Å². The van der Waals surface area contributed by atoms with Gasteiger partial charge in [0.15, 0.2) is 0 Å². The van der Waals surface area contributed by atoms with Gasteiger partial charge < -0.3 is 4.74 Å². The van der Waals surface area contributed by atoms with Crippen LogP contribution in [-0.4, -0.2) is 21.6 Å². The first-order valence-electron chi connectivity index (χ1n) is 9.91. The van der Waals surface area contributed by atoms with Crippen LogP contribution < -0.4 is 5.56 Å². The molecule has 26 heavy (non-hydrogen) atoms. The normalized spacial score (nSPS) is 19.3. The zero-order valence-corrected chi connectivity index (χ0v) is 16.1. The van der Waals surface area contributed by atoms with Gasteiger partial charge in [-0.15, -0.1) is 11.3 Å². The third kappa shape index (κ3) is 3.20. The second kappa shape index (κ2) is 7.51. The number of aryl methyl sites for hydroxylation is 2. The lowest BCUT2D eigenvalue weighted by atomic mass is 9.97. The molecule has 2 aromatic heterocycles. The molecule has 4 rings (SSSR count). The monoisotopic (exact) mass is 374 g/mol. The van der Waals surface area contributed by atoms with E-state index in [1.54, 1.807) is 17.7 Å². The van der Waals surface area contributed by atoms with E-state index in [9.17, 15) is 9.59 Å². The van der Waals surface area contributed by atoms with E-state index in [1.165, 1.54) is 27.8 Å². The lowest BCUT2D eigenvalue weighted by molar-refractivity contribution is -0.154. The minimum Gasteiger partial charge on any atom is -0.461 e. The number of carbonyl (C=O) groups is 1. The van der Waals surface area contributed by atoms with E-state index in [0.29, 0.717) is 6.42 Å². The van der Waals surface area contributed by atoms with Crippen molar-refractivity contribution in [3.63, 3.8) is 0 Å². The Labute approximate surface area is 157 Å². The second-order valence-corrected chi connectivity index (χ2v) is 8.55. The number of esters is 1. The van der Waals surface area contributed by atoms with Gasteiger partial charge in [-0.2, -0.15) is 0 Å². The number of ether oxygens (including phenoxy) is 1. The molecule has 0 radical (unpaired) electrons. The van der Waals surface area contributed by atoms with E-state index in [4.69, 9.17) is 4.74 Å². The quantitative estimate of drug-likeness (QED) is 0.754. The molecule has 2 heterocycles. The maximum Gasteiger partial charge on any atom is 0.329 e. The van der Waals surface area contributed by atoms with Crippen molar-refractivity contribution in [2.24, 2.45) is 0 Å².